The van der Waals surface area contributed by atoms with Crippen LogP contribution in [-0.4, -0.2) is 36.0 Å². The van der Waals surface area contributed by atoms with Gasteiger partial charge in [0.25, 0.3) is 0 Å². The third-order valence-corrected chi connectivity index (χ3v) is 5.22. The lowest BCUT2D eigenvalue weighted by Crippen LogP contribution is -2.38. The molecule has 22 heavy (non-hydrogen) atoms. The van der Waals surface area contributed by atoms with Crippen LogP contribution >= 0.6 is 0 Å². The Balaban J connectivity index is 1.61. The van der Waals surface area contributed by atoms with Gasteiger partial charge in [0.15, 0.2) is 0 Å². The second-order valence-corrected chi connectivity index (χ2v) is 6.88. The van der Waals surface area contributed by atoms with E-state index in [9.17, 15) is 0 Å². The summed E-state index contributed by atoms with van der Waals surface area (Å²) < 4.78 is 0. The third-order valence-electron chi connectivity index (χ3n) is 5.22. The normalized spacial score (nSPS) is 23.6. The van der Waals surface area contributed by atoms with Gasteiger partial charge in [-0.2, -0.15) is 0 Å². The summed E-state index contributed by atoms with van der Waals surface area (Å²) in [7, 11) is 0. The SMILES string of the molecule is C1=CCN([C@H](CN2CCCC2)c2ccccc2)C(C2CC2)=C1. The molecule has 0 aromatic heterocycles. The number of benzene rings is 1. The maximum absolute atomic E-state index is 2.67. The number of likely N-dealkylation sites (tertiary alicyclic amines) is 1. The Hall–Kier alpha value is -1.54. The van der Waals surface area contributed by atoms with Gasteiger partial charge in [-0.3, -0.25) is 0 Å². The van der Waals surface area contributed by atoms with E-state index in [1.165, 1.54) is 50.9 Å². The molecule has 1 saturated carbocycles. The van der Waals surface area contributed by atoms with Crippen molar-refractivity contribution in [3.63, 3.8) is 0 Å². The van der Waals surface area contributed by atoms with E-state index in [0.29, 0.717) is 6.04 Å². The van der Waals surface area contributed by atoms with Crippen molar-refractivity contribution in [2.75, 3.05) is 26.2 Å². The Morgan fingerprint density at radius 2 is 1.82 bits per heavy atom. The highest BCUT2D eigenvalue weighted by atomic mass is 15.2. The Morgan fingerprint density at radius 3 is 2.55 bits per heavy atom. The summed E-state index contributed by atoms with van der Waals surface area (Å²) in [5, 5.41) is 0. The predicted molar refractivity (Wildman–Crippen MR) is 91.5 cm³/mol. The molecular formula is C20H26N2. The zero-order valence-electron chi connectivity index (χ0n) is 13.3. The minimum atomic E-state index is 0.496. The highest BCUT2D eigenvalue weighted by molar-refractivity contribution is 5.28. The zero-order valence-corrected chi connectivity index (χ0v) is 13.3. The smallest absolute Gasteiger partial charge is 0.0670 e. The molecule has 1 aromatic rings. The molecule has 3 aliphatic rings. The third kappa shape index (κ3) is 2.98. The summed E-state index contributed by atoms with van der Waals surface area (Å²) in [6.07, 6.45) is 12.4. The van der Waals surface area contributed by atoms with Gasteiger partial charge >= 0.3 is 0 Å². The second-order valence-electron chi connectivity index (χ2n) is 6.88. The number of nitrogens with zero attached hydrogens (tertiary/aromatic N) is 2. The Morgan fingerprint density at radius 1 is 1.05 bits per heavy atom. The summed E-state index contributed by atoms with van der Waals surface area (Å²) in [6, 6.07) is 11.6. The minimum Gasteiger partial charge on any atom is -0.363 e. The lowest BCUT2D eigenvalue weighted by atomic mass is 10.0. The van der Waals surface area contributed by atoms with Crippen molar-refractivity contribution >= 4 is 0 Å². The standard InChI is InChI=1S/C20H26N2/c1-2-8-17(9-3-1)20(16-21-13-6-7-14-21)22-15-5-4-10-19(22)18-11-12-18/h1-5,8-10,18,20H,6-7,11-16H2/t20-/m1/s1. The van der Waals surface area contributed by atoms with Gasteiger partial charge in [0.2, 0.25) is 0 Å². The predicted octanol–water partition coefficient (Wildman–Crippen LogP) is 3.99. The first-order valence-electron chi connectivity index (χ1n) is 8.82. The van der Waals surface area contributed by atoms with Crippen LogP contribution < -0.4 is 0 Å². The zero-order chi connectivity index (χ0) is 14.8. The van der Waals surface area contributed by atoms with Crippen LogP contribution in [0.3, 0.4) is 0 Å². The first kappa shape index (κ1) is 14.1. The van der Waals surface area contributed by atoms with Crippen molar-refractivity contribution < 1.29 is 0 Å². The summed E-state index contributed by atoms with van der Waals surface area (Å²) in [5.41, 5.74) is 3.05. The average Bonchev–Trinajstić information content (AvgIpc) is 3.30. The molecule has 2 nitrogen and oxygen atoms in total. The van der Waals surface area contributed by atoms with Crippen LogP contribution in [0.1, 0.15) is 37.3 Å². The maximum Gasteiger partial charge on any atom is 0.0670 e. The fourth-order valence-corrected chi connectivity index (χ4v) is 3.87. The van der Waals surface area contributed by atoms with E-state index in [1.807, 2.05) is 0 Å². The molecule has 0 bridgehead atoms. The first-order chi connectivity index (χ1) is 10.9. The molecule has 0 spiro atoms. The van der Waals surface area contributed by atoms with Gasteiger partial charge in [-0.05, 0) is 56.3 Å². The van der Waals surface area contributed by atoms with Gasteiger partial charge in [0, 0.05) is 18.8 Å². The van der Waals surface area contributed by atoms with Crippen molar-refractivity contribution in [3.8, 4) is 0 Å². The molecule has 1 saturated heterocycles. The highest BCUT2D eigenvalue weighted by Gasteiger charge is 2.34. The van der Waals surface area contributed by atoms with Crippen LogP contribution in [0.2, 0.25) is 0 Å². The molecule has 0 radical (unpaired) electrons. The maximum atomic E-state index is 2.67. The summed E-state index contributed by atoms with van der Waals surface area (Å²) in [4.78, 5) is 5.33. The average molecular weight is 294 g/mol. The Labute approximate surface area is 134 Å². The van der Waals surface area contributed by atoms with Crippen LogP contribution in [-0.2, 0) is 0 Å². The van der Waals surface area contributed by atoms with Gasteiger partial charge in [0.1, 0.15) is 0 Å². The van der Waals surface area contributed by atoms with E-state index >= 15 is 0 Å². The van der Waals surface area contributed by atoms with E-state index in [2.05, 4.69) is 58.4 Å². The molecule has 2 fully saturated rings. The minimum absolute atomic E-state index is 0.496. The molecule has 2 aliphatic heterocycles. The lowest BCUT2D eigenvalue weighted by Gasteiger charge is -2.38. The van der Waals surface area contributed by atoms with Crippen molar-refractivity contribution in [3.05, 3.63) is 59.8 Å². The molecule has 2 heteroatoms. The van der Waals surface area contributed by atoms with Crippen molar-refractivity contribution in [1.29, 1.82) is 0 Å². The lowest BCUT2D eigenvalue weighted by molar-refractivity contribution is 0.192. The van der Waals surface area contributed by atoms with Crippen LogP contribution in [0.4, 0.5) is 0 Å². The quantitative estimate of drug-likeness (QED) is 0.810. The van der Waals surface area contributed by atoms with Gasteiger partial charge in [0.05, 0.1) is 6.04 Å². The van der Waals surface area contributed by atoms with Crippen molar-refractivity contribution in [1.82, 2.24) is 9.80 Å². The number of hydrogen-bond acceptors (Lipinski definition) is 2. The first-order valence-corrected chi connectivity index (χ1v) is 8.82. The van der Waals surface area contributed by atoms with Crippen LogP contribution in [0, 0.1) is 5.92 Å². The summed E-state index contributed by atoms with van der Waals surface area (Å²) in [6.45, 7) is 4.78. The van der Waals surface area contributed by atoms with Gasteiger partial charge in [-0.25, -0.2) is 0 Å². The number of hydrogen-bond donors (Lipinski definition) is 0. The topological polar surface area (TPSA) is 6.48 Å². The van der Waals surface area contributed by atoms with Crippen LogP contribution in [0.15, 0.2) is 54.3 Å². The van der Waals surface area contributed by atoms with Crippen LogP contribution in [0.25, 0.3) is 0 Å². The highest BCUT2D eigenvalue weighted by Crippen LogP contribution is 2.42. The number of allylic oxidation sites excluding steroid dienone is 3. The fraction of sp³-hybridized carbons (Fsp3) is 0.500. The number of rotatable bonds is 5. The largest absolute Gasteiger partial charge is 0.363 e. The van der Waals surface area contributed by atoms with E-state index in [1.54, 1.807) is 5.70 Å². The van der Waals surface area contributed by atoms with E-state index in [4.69, 9.17) is 0 Å². The fourth-order valence-electron chi connectivity index (χ4n) is 3.87. The van der Waals surface area contributed by atoms with E-state index in [0.717, 1.165) is 12.5 Å². The van der Waals surface area contributed by atoms with E-state index < -0.39 is 0 Å². The summed E-state index contributed by atoms with van der Waals surface area (Å²) >= 11 is 0. The van der Waals surface area contributed by atoms with E-state index in [-0.39, 0.29) is 0 Å². The molecular weight excluding hydrogens is 268 g/mol. The molecule has 1 aliphatic carbocycles. The monoisotopic (exact) mass is 294 g/mol. The molecule has 0 amide bonds. The molecule has 0 N–H and O–H groups in total. The van der Waals surface area contributed by atoms with Crippen molar-refractivity contribution in [2.24, 2.45) is 5.92 Å². The summed E-state index contributed by atoms with van der Waals surface area (Å²) in [5.74, 6) is 0.815. The molecule has 116 valence electrons. The molecule has 0 unspecified atom stereocenters. The molecule has 1 atom stereocenters. The van der Waals surface area contributed by atoms with Gasteiger partial charge < -0.3 is 9.80 Å². The van der Waals surface area contributed by atoms with Gasteiger partial charge in [-0.15, -0.1) is 0 Å². The Kier molecular flexibility index (Phi) is 4.03. The molecule has 2 heterocycles. The molecule has 1 aromatic carbocycles. The molecule has 4 rings (SSSR count). The Bertz CT molecular complexity index is 550. The second kappa shape index (κ2) is 6.29. The van der Waals surface area contributed by atoms with Crippen LogP contribution in [0.5, 0.6) is 0 Å². The van der Waals surface area contributed by atoms with Gasteiger partial charge in [-0.1, -0.05) is 42.5 Å². The van der Waals surface area contributed by atoms with Crippen molar-refractivity contribution in [2.45, 2.75) is 31.7 Å².